The Balaban J connectivity index is 1.81. The minimum Gasteiger partial charge on any atom is -0.493 e. The number of amides is 1. The highest BCUT2D eigenvalue weighted by Gasteiger charge is 2.18. The Bertz CT molecular complexity index is 1000. The van der Waals surface area contributed by atoms with Crippen molar-refractivity contribution in [2.75, 3.05) is 21.3 Å². The number of hydrogen-bond donors (Lipinski definition) is 1. The van der Waals surface area contributed by atoms with Crippen LogP contribution in [0.25, 0.3) is 5.69 Å². The Morgan fingerprint density at radius 1 is 1.03 bits per heavy atom. The second-order valence-electron chi connectivity index (χ2n) is 6.82. The molecule has 0 bridgehead atoms. The summed E-state index contributed by atoms with van der Waals surface area (Å²) >= 11 is 0. The van der Waals surface area contributed by atoms with Crippen molar-refractivity contribution in [3.05, 3.63) is 65.0 Å². The molecule has 0 aliphatic rings. The summed E-state index contributed by atoms with van der Waals surface area (Å²) < 4.78 is 17.9. The van der Waals surface area contributed by atoms with E-state index in [0.717, 1.165) is 16.9 Å². The van der Waals surface area contributed by atoms with Crippen LogP contribution in [0.5, 0.6) is 17.2 Å². The smallest absolute Gasteiger partial charge is 0.255 e. The average molecular weight is 409 g/mol. The molecular weight excluding hydrogens is 382 g/mol. The Morgan fingerprint density at radius 3 is 2.20 bits per heavy atom. The highest BCUT2D eigenvalue weighted by Crippen LogP contribution is 2.38. The van der Waals surface area contributed by atoms with Crippen LogP contribution in [0.3, 0.4) is 0 Å². The molecule has 0 saturated heterocycles. The largest absolute Gasteiger partial charge is 0.493 e. The molecule has 0 radical (unpaired) electrons. The number of methoxy groups -OCH3 is 3. The zero-order chi connectivity index (χ0) is 21.7. The van der Waals surface area contributed by atoms with Gasteiger partial charge in [-0.15, -0.1) is 0 Å². The first-order valence-corrected chi connectivity index (χ1v) is 9.73. The number of aryl methyl sites for hydroxylation is 1. The second-order valence-corrected chi connectivity index (χ2v) is 6.82. The summed E-state index contributed by atoms with van der Waals surface area (Å²) in [6.07, 6.45) is 2.30. The first kappa shape index (κ1) is 21.2. The van der Waals surface area contributed by atoms with Crippen LogP contribution in [0, 0.1) is 6.92 Å². The molecule has 158 valence electrons. The highest BCUT2D eigenvalue weighted by atomic mass is 16.5. The van der Waals surface area contributed by atoms with E-state index in [4.69, 9.17) is 14.2 Å². The van der Waals surface area contributed by atoms with E-state index in [1.807, 2.05) is 54.9 Å². The molecule has 30 heavy (non-hydrogen) atoms. The maximum Gasteiger partial charge on any atom is 0.255 e. The summed E-state index contributed by atoms with van der Waals surface area (Å²) in [4.78, 5) is 12.9. The summed E-state index contributed by atoms with van der Waals surface area (Å²) in [5.74, 6) is 1.42. The maximum atomic E-state index is 12.9. The molecule has 3 rings (SSSR count). The zero-order valence-electron chi connectivity index (χ0n) is 18.0. The fourth-order valence-electron chi connectivity index (χ4n) is 3.33. The first-order chi connectivity index (χ1) is 14.5. The van der Waals surface area contributed by atoms with Crippen LogP contribution in [0.2, 0.25) is 0 Å². The normalized spacial score (nSPS) is 10.6. The number of ether oxygens (including phenoxy) is 3. The van der Waals surface area contributed by atoms with Crippen LogP contribution in [-0.2, 0) is 13.0 Å². The first-order valence-electron chi connectivity index (χ1n) is 9.73. The molecule has 0 spiro atoms. The molecule has 0 fully saturated rings. The van der Waals surface area contributed by atoms with E-state index in [2.05, 4.69) is 10.4 Å². The lowest BCUT2D eigenvalue weighted by Gasteiger charge is -2.14. The number of carbonyl (C=O) groups is 1. The summed E-state index contributed by atoms with van der Waals surface area (Å²) in [6, 6.07) is 11.7. The molecule has 1 amide bonds. The third kappa shape index (κ3) is 4.25. The minimum atomic E-state index is -0.182. The van der Waals surface area contributed by atoms with Crippen LogP contribution in [-0.4, -0.2) is 37.0 Å². The molecule has 3 aromatic rings. The third-order valence-corrected chi connectivity index (χ3v) is 4.90. The number of rotatable bonds is 8. The Hall–Kier alpha value is -3.48. The van der Waals surface area contributed by atoms with Gasteiger partial charge in [-0.05, 0) is 43.2 Å². The van der Waals surface area contributed by atoms with Gasteiger partial charge in [0, 0.05) is 6.54 Å². The third-order valence-electron chi connectivity index (χ3n) is 4.90. The summed E-state index contributed by atoms with van der Waals surface area (Å²) in [7, 11) is 4.68. The molecule has 1 aromatic heterocycles. The standard InChI is InChI=1S/C23H27N3O4/c1-6-19-18(14-25-26(19)17-9-7-15(2)8-10-17)23(27)24-13-16-11-20(28-3)22(30-5)21(12-16)29-4/h7-12,14H,6,13H2,1-5H3,(H,24,27). The fourth-order valence-corrected chi connectivity index (χ4v) is 3.33. The van der Waals surface area contributed by atoms with Gasteiger partial charge in [-0.1, -0.05) is 24.6 Å². The molecule has 1 heterocycles. The van der Waals surface area contributed by atoms with Crippen molar-refractivity contribution in [3.63, 3.8) is 0 Å². The predicted molar refractivity (Wildman–Crippen MR) is 115 cm³/mol. The maximum absolute atomic E-state index is 12.9. The lowest BCUT2D eigenvalue weighted by Crippen LogP contribution is -2.24. The lowest BCUT2D eigenvalue weighted by atomic mass is 10.1. The van der Waals surface area contributed by atoms with Crippen molar-refractivity contribution in [2.24, 2.45) is 0 Å². The Morgan fingerprint density at radius 2 is 1.67 bits per heavy atom. The zero-order valence-corrected chi connectivity index (χ0v) is 18.0. The molecule has 7 heteroatoms. The molecule has 0 saturated carbocycles. The van der Waals surface area contributed by atoms with Gasteiger partial charge in [0.05, 0.1) is 44.5 Å². The molecule has 0 aliphatic carbocycles. The van der Waals surface area contributed by atoms with Crippen LogP contribution < -0.4 is 19.5 Å². The topological polar surface area (TPSA) is 74.6 Å². The number of nitrogens with zero attached hydrogens (tertiary/aromatic N) is 2. The van der Waals surface area contributed by atoms with E-state index in [1.165, 1.54) is 5.56 Å². The van der Waals surface area contributed by atoms with E-state index in [9.17, 15) is 4.79 Å². The van der Waals surface area contributed by atoms with Crippen LogP contribution in [0.15, 0.2) is 42.6 Å². The van der Waals surface area contributed by atoms with Gasteiger partial charge < -0.3 is 19.5 Å². The van der Waals surface area contributed by atoms with Gasteiger partial charge in [0.1, 0.15) is 0 Å². The predicted octanol–water partition coefficient (Wildman–Crippen LogP) is 3.70. The Labute approximate surface area is 176 Å². The quantitative estimate of drug-likeness (QED) is 0.614. The highest BCUT2D eigenvalue weighted by molar-refractivity contribution is 5.95. The van der Waals surface area contributed by atoms with Crippen molar-refractivity contribution in [2.45, 2.75) is 26.8 Å². The van der Waals surface area contributed by atoms with Crippen LogP contribution in [0.4, 0.5) is 0 Å². The lowest BCUT2D eigenvalue weighted by molar-refractivity contribution is 0.0950. The van der Waals surface area contributed by atoms with Gasteiger partial charge in [0.25, 0.3) is 5.91 Å². The van der Waals surface area contributed by atoms with Gasteiger partial charge in [0.2, 0.25) is 5.75 Å². The number of aromatic nitrogens is 2. The van der Waals surface area contributed by atoms with E-state index >= 15 is 0 Å². The number of benzene rings is 2. The van der Waals surface area contributed by atoms with Gasteiger partial charge >= 0.3 is 0 Å². The minimum absolute atomic E-state index is 0.182. The van der Waals surface area contributed by atoms with Crippen molar-refractivity contribution in [3.8, 4) is 22.9 Å². The molecule has 7 nitrogen and oxygen atoms in total. The van der Waals surface area contributed by atoms with Gasteiger partial charge in [0.15, 0.2) is 11.5 Å². The van der Waals surface area contributed by atoms with Crippen molar-refractivity contribution >= 4 is 5.91 Å². The van der Waals surface area contributed by atoms with Crippen molar-refractivity contribution in [1.82, 2.24) is 15.1 Å². The molecule has 0 aliphatic heterocycles. The number of hydrogen-bond acceptors (Lipinski definition) is 5. The monoisotopic (exact) mass is 409 g/mol. The van der Waals surface area contributed by atoms with Crippen molar-refractivity contribution < 1.29 is 19.0 Å². The number of nitrogens with one attached hydrogen (secondary N) is 1. The molecule has 2 aromatic carbocycles. The van der Waals surface area contributed by atoms with E-state index < -0.39 is 0 Å². The number of carbonyl (C=O) groups excluding carboxylic acids is 1. The SMILES string of the molecule is CCc1c(C(=O)NCc2cc(OC)c(OC)c(OC)c2)cnn1-c1ccc(C)cc1. The molecule has 0 atom stereocenters. The summed E-state index contributed by atoms with van der Waals surface area (Å²) in [5, 5.41) is 7.40. The second kappa shape index (κ2) is 9.35. The van der Waals surface area contributed by atoms with Crippen LogP contribution in [0.1, 0.15) is 34.1 Å². The average Bonchev–Trinajstić information content (AvgIpc) is 3.21. The van der Waals surface area contributed by atoms with E-state index in [0.29, 0.717) is 35.8 Å². The van der Waals surface area contributed by atoms with E-state index in [-0.39, 0.29) is 5.91 Å². The van der Waals surface area contributed by atoms with Gasteiger partial charge in [-0.2, -0.15) is 5.10 Å². The summed E-state index contributed by atoms with van der Waals surface area (Å²) in [5.41, 5.74) is 4.36. The molecule has 0 unspecified atom stereocenters. The Kier molecular flexibility index (Phi) is 6.61. The summed E-state index contributed by atoms with van der Waals surface area (Å²) in [6.45, 7) is 4.36. The molecule has 1 N–H and O–H groups in total. The van der Waals surface area contributed by atoms with E-state index in [1.54, 1.807) is 27.5 Å². The van der Waals surface area contributed by atoms with Crippen molar-refractivity contribution in [1.29, 1.82) is 0 Å². The van der Waals surface area contributed by atoms with Gasteiger partial charge in [-0.25, -0.2) is 4.68 Å². The fraction of sp³-hybridized carbons (Fsp3) is 0.304. The van der Waals surface area contributed by atoms with Gasteiger partial charge in [-0.3, -0.25) is 4.79 Å². The van der Waals surface area contributed by atoms with Crippen LogP contribution >= 0.6 is 0 Å². The molecular formula is C23H27N3O4.